The van der Waals surface area contributed by atoms with E-state index in [2.05, 4.69) is 18.2 Å². The minimum Gasteiger partial charge on any atom is -0.497 e. The van der Waals surface area contributed by atoms with E-state index in [0.29, 0.717) is 5.75 Å². The molecule has 6 heteroatoms. The number of nitrogens with zero attached hydrogens (tertiary/aromatic N) is 2. The number of rotatable bonds is 10. The summed E-state index contributed by atoms with van der Waals surface area (Å²) in [5, 5.41) is 0. The van der Waals surface area contributed by atoms with Crippen molar-refractivity contribution >= 4 is 16.4 Å². The number of benzene rings is 1. The molecule has 0 fully saturated rings. The molecule has 124 valence electrons. The minimum absolute atomic E-state index is 0.176. The molecule has 0 saturated carbocycles. The van der Waals surface area contributed by atoms with Gasteiger partial charge in [0.25, 0.3) is 10.0 Å². The molecule has 0 aliphatic heterocycles. The van der Waals surface area contributed by atoms with E-state index in [4.69, 9.17) is 4.74 Å². The van der Waals surface area contributed by atoms with Crippen LogP contribution in [-0.2, 0) is 10.0 Å². The lowest BCUT2D eigenvalue weighted by Gasteiger charge is -2.18. The van der Waals surface area contributed by atoms with Crippen molar-refractivity contribution in [1.29, 1.82) is 0 Å². The molecule has 1 rings (SSSR count). The van der Waals surface area contributed by atoms with Gasteiger partial charge in [0.15, 0.2) is 0 Å². The highest BCUT2D eigenvalue weighted by Crippen LogP contribution is 2.17. The van der Waals surface area contributed by atoms with Crippen molar-refractivity contribution in [1.82, 2.24) is 4.90 Å². The monoisotopic (exact) mass is 326 g/mol. The largest absolute Gasteiger partial charge is 0.497 e. The summed E-state index contributed by atoms with van der Waals surface area (Å²) in [5.41, 5.74) is 0. The molecular formula is C16H26N2O3S. The van der Waals surface area contributed by atoms with Crippen LogP contribution in [-0.4, -0.2) is 39.9 Å². The smallest absolute Gasteiger partial charge is 0.283 e. The summed E-state index contributed by atoms with van der Waals surface area (Å²) in [6, 6.07) is 6.25. The van der Waals surface area contributed by atoms with Crippen LogP contribution in [0, 0.1) is 0 Å². The molecule has 1 aromatic rings. The molecule has 0 unspecified atom stereocenters. The maximum absolute atomic E-state index is 12.2. The SMILES string of the molecule is CCCCN(/C=N/S(=O)(=O)c1ccc(OC)cc1)CCCC. The van der Waals surface area contributed by atoms with Crippen molar-refractivity contribution in [2.75, 3.05) is 20.2 Å². The Labute approximate surface area is 134 Å². The summed E-state index contributed by atoms with van der Waals surface area (Å²) in [4.78, 5) is 2.16. The highest BCUT2D eigenvalue weighted by Gasteiger charge is 2.12. The number of methoxy groups -OCH3 is 1. The summed E-state index contributed by atoms with van der Waals surface area (Å²) in [7, 11) is -2.12. The highest BCUT2D eigenvalue weighted by atomic mass is 32.2. The van der Waals surface area contributed by atoms with E-state index in [9.17, 15) is 8.42 Å². The number of sulfonamides is 1. The minimum atomic E-state index is -3.66. The van der Waals surface area contributed by atoms with Crippen molar-refractivity contribution in [3.63, 3.8) is 0 Å². The maximum Gasteiger partial charge on any atom is 0.283 e. The van der Waals surface area contributed by atoms with Gasteiger partial charge < -0.3 is 9.64 Å². The van der Waals surface area contributed by atoms with Gasteiger partial charge in [0, 0.05) is 13.1 Å². The molecule has 0 N–H and O–H groups in total. The Hall–Kier alpha value is -1.56. The van der Waals surface area contributed by atoms with Gasteiger partial charge in [0.05, 0.1) is 12.0 Å². The lowest BCUT2D eigenvalue weighted by atomic mass is 10.3. The normalized spacial score (nSPS) is 11.8. The molecule has 0 aliphatic carbocycles. The van der Waals surface area contributed by atoms with Crippen LogP contribution in [0.4, 0.5) is 0 Å². The molecule has 0 aliphatic rings. The molecule has 0 saturated heterocycles. The third kappa shape index (κ3) is 6.05. The Balaban J connectivity index is 2.81. The Kier molecular flexibility index (Phi) is 7.95. The Morgan fingerprint density at radius 1 is 1.09 bits per heavy atom. The van der Waals surface area contributed by atoms with Gasteiger partial charge in [-0.15, -0.1) is 4.40 Å². The maximum atomic E-state index is 12.2. The fourth-order valence-corrected chi connectivity index (χ4v) is 2.75. The van der Waals surface area contributed by atoms with Gasteiger partial charge in [0.1, 0.15) is 12.1 Å². The Morgan fingerprint density at radius 3 is 2.09 bits per heavy atom. The zero-order chi connectivity index (χ0) is 16.4. The van der Waals surface area contributed by atoms with E-state index in [0.717, 1.165) is 38.8 Å². The van der Waals surface area contributed by atoms with Gasteiger partial charge in [-0.3, -0.25) is 0 Å². The second-order valence-corrected chi connectivity index (χ2v) is 6.75. The standard InChI is InChI=1S/C16H26N2O3S/c1-4-6-12-18(13-7-5-2)14-17-22(19,20)16-10-8-15(21-3)9-11-16/h8-11,14H,4-7,12-13H2,1-3H3/b17-14+. The van der Waals surface area contributed by atoms with Gasteiger partial charge in [-0.25, -0.2) is 0 Å². The van der Waals surface area contributed by atoms with Gasteiger partial charge >= 0.3 is 0 Å². The van der Waals surface area contributed by atoms with Crippen LogP contribution < -0.4 is 4.74 Å². The first-order valence-corrected chi connectivity index (χ1v) is 9.16. The summed E-state index contributed by atoms with van der Waals surface area (Å²) >= 11 is 0. The van der Waals surface area contributed by atoms with Crippen LogP contribution in [0.15, 0.2) is 33.6 Å². The van der Waals surface area contributed by atoms with Crippen LogP contribution in [0.1, 0.15) is 39.5 Å². The molecule has 1 aromatic carbocycles. The summed E-state index contributed by atoms with van der Waals surface area (Å²) in [6.45, 7) is 5.89. The van der Waals surface area contributed by atoms with Crippen molar-refractivity contribution < 1.29 is 13.2 Å². The zero-order valence-corrected chi connectivity index (χ0v) is 14.5. The topological polar surface area (TPSA) is 59.0 Å². The number of ether oxygens (including phenoxy) is 1. The number of hydrogen-bond acceptors (Lipinski definition) is 3. The summed E-state index contributed by atoms with van der Waals surface area (Å²) in [6.07, 6.45) is 5.66. The summed E-state index contributed by atoms with van der Waals surface area (Å²) in [5.74, 6) is 0.621. The van der Waals surface area contributed by atoms with E-state index in [-0.39, 0.29) is 4.90 Å². The third-order valence-corrected chi connectivity index (χ3v) is 4.54. The molecule has 0 spiro atoms. The number of hydrogen-bond donors (Lipinski definition) is 0. The quantitative estimate of drug-likeness (QED) is 0.489. The highest BCUT2D eigenvalue weighted by molar-refractivity contribution is 7.90. The van der Waals surface area contributed by atoms with E-state index in [1.807, 2.05) is 4.90 Å². The predicted octanol–water partition coefficient (Wildman–Crippen LogP) is 3.31. The Morgan fingerprint density at radius 2 is 1.64 bits per heavy atom. The van der Waals surface area contributed by atoms with E-state index in [1.54, 1.807) is 19.2 Å². The molecular weight excluding hydrogens is 300 g/mol. The lowest BCUT2D eigenvalue weighted by molar-refractivity contribution is 0.409. The Bertz CT molecular complexity index is 545. The fourth-order valence-electron chi connectivity index (χ4n) is 1.89. The van der Waals surface area contributed by atoms with Crippen LogP contribution >= 0.6 is 0 Å². The first-order chi connectivity index (χ1) is 10.5. The van der Waals surface area contributed by atoms with Crippen molar-refractivity contribution in [3.8, 4) is 5.75 Å². The van der Waals surface area contributed by atoms with Crippen molar-refractivity contribution in [2.24, 2.45) is 4.40 Å². The predicted molar refractivity (Wildman–Crippen MR) is 90.1 cm³/mol. The molecule has 0 heterocycles. The summed E-state index contributed by atoms with van der Waals surface area (Å²) < 4.78 is 33.3. The van der Waals surface area contributed by atoms with Crippen LogP contribution in [0.25, 0.3) is 0 Å². The lowest BCUT2D eigenvalue weighted by Crippen LogP contribution is -2.25. The average Bonchev–Trinajstić information content (AvgIpc) is 2.54. The zero-order valence-electron chi connectivity index (χ0n) is 13.7. The molecule has 22 heavy (non-hydrogen) atoms. The second kappa shape index (κ2) is 9.46. The molecule has 0 radical (unpaired) electrons. The molecule has 5 nitrogen and oxygen atoms in total. The van der Waals surface area contributed by atoms with Gasteiger partial charge in [-0.2, -0.15) is 8.42 Å². The third-order valence-electron chi connectivity index (χ3n) is 3.30. The molecule has 0 amide bonds. The second-order valence-electron chi connectivity index (χ2n) is 5.11. The van der Waals surface area contributed by atoms with Crippen LogP contribution in [0.2, 0.25) is 0 Å². The fraction of sp³-hybridized carbons (Fsp3) is 0.562. The van der Waals surface area contributed by atoms with Crippen LogP contribution in [0.5, 0.6) is 5.75 Å². The van der Waals surface area contributed by atoms with Gasteiger partial charge in [0.2, 0.25) is 0 Å². The van der Waals surface area contributed by atoms with Crippen LogP contribution in [0.3, 0.4) is 0 Å². The average molecular weight is 326 g/mol. The van der Waals surface area contributed by atoms with Gasteiger partial charge in [-0.1, -0.05) is 26.7 Å². The van der Waals surface area contributed by atoms with Gasteiger partial charge in [-0.05, 0) is 37.1 Å². The molecule has 0 aromatic heterocycles. The first-order valence-electron chi connectivity index (χ1n) is 7.72. The molecule has 0 bridgehead atoms. The molecule has 0 atom stereocenters. The van der Waals surface area contributed by atoms with E-state index < -0.39 is 10.0 Å². The van der Waals surface area contributed by atoms with Crippen molar-refractivity contribution in [3.05, 3.63) is 24.3 Å². The number of unbranched alkanes of at least 4 members (excludes halogenated alkanes) is 2. The van der Waals surface area contributed by atoms with Crippen molar-refractivity contribution in [2.45, 2.75) is 44.4 Å². The first kappa shape index (κ1) is 18.5. The van der Waals surface area contributed by atoms with E-state index in [1.165, 1.54) is 18.5 Å². The van der Waals surface area contributed by atoms with E-state index >= 15 is 0 Å².